The molecule has 0 fully saturated rings. The van der Waals surface area contributed by atoms with E-state index < -0.39 is 15.6 Å². The van der Waals surface area contributed by atoms with Crippen LogP contribution in [0.1, 0.15) is 39.5 Å². The molecular weight excluding hydrogens is 406 g/mol. The predicted molar refractivity (Wildman–Crippen MR) is 110 cm³/mol. The average Bonchev–Trinajstić information content (AvgIpc) is 2.90. The van der Waals surface area contributed by atoms with Crippen molar-refractivity contribution in [3.63, 3.8) is 0 Å². The lowest BCUT2D eigenvalue weighted by Crippen LogP contribution is -2.49. The standard InChI is InChI=1S/C18H29N3O5S.ClH/c1-3-18(19,4-2)13-20-17(22)8-9-21-27(23,24)14-6-7-15-16(12-14)26-11-5-10-25-15;/h6-7,12,21H,3-5,8-11,13,19H2,1-2H3,(H,20,22);1H. The SMILES string of the molecule is CCC(N)(CC)CNC(=O)CCNS(=O)(=O)c1ccc2c(c1)OCCCO2.Cl. The molecule has 0 bridgehead atoms. The molecule has 0 spiro atoms. The van der Waals surface area contributed by atoms with Gasteiger partial charge in [0.25, 0.3) is 0 Å². The van der Waals surface area contributed by atoms with Gasteiger partial charge in [0.2, 0.25) is 15.9 Å². The number of hydrogen-bond acceptors (Lipinski definition) is 6. The van der Waals surface area contributed by atoms with Crippen LogP contribution in [-0.4, -0.2) is 46.2 Å². The Morgan fingerprint density at radius 2 is 1.82 bits per heavy atom. The number of fused-ring (bicyclic) bond motifs is 1. The number of benzene rings is 1. The van der Waals surface area contributed by atoms with Crippen molar-refractivity contribution in [2.75, 3.05) is 26.3 Å². The van der Waals surface area contributed by atoms with Gasteiger partial charge in [-0.15, -0.1) is 12.4 Å². The van der Waals surface area contributed by atoms with Crippen LogP contribution in [0.5, 0.6) is 11.5 Å². The number of rotatable bonds is 9. The molecule has 10 heteroatoms. The van der Waals surface area contributed by atoms with Crippen molar-refractivity contribution in [2.45, 2.75) is 50.0 Å². The first-order valence-electron chi connectivity index (χ1n) is 9.24. The number of halogens is 1. The van der Waals surface area contributed by atoms with Crippen LogP contribution in [-0.2, 0) is 14.8 Å². The van der Waals surface area contributed by atoms with Crippen LogP contribution in [0.15, 0.2) is 23.1 Å². The molecule has 28 heavy (non-hydrogen) atoms. The van der Waals surface area contributed by atoms with E-state index in [2.05, 4.69) is 10.0 Å². The Labute approximate surface area is 173 Å². The highest BCUT2D eigenvalue weighted by molar-refractivity contribution is 7.89. The van der Waals surface area contributed by atoms with E-state index in [1.807, 2.05) is 13.8 Å². The summed E-state index contributed by atoms with van der Waals surface area (Å²) in [5.74, 6) is 0.697. The highest BCUT2D eigenvalue weighted by Gasteiger charge is 2.22. The van der Waals surface area contributed by atoms with Crippen LogP contribution in [0.3, 0.4) is 0 Å². The summed E-state index contributed by atoms with van der Waals surface area (Å²) in [4.78, 5) is 12.0. The van der Waals surface area contributed by atoms with Gasteiger partial charge < -0.3 is 20.5 Å². The predicted octanol–water partition coefficient (Wildman–Crippen LogP) is 1.57. The monoisotopic (exact) mass is 435 g/mol. The normalized spacial score (nSPS) is 14.0. The fourth-order valence-corrected chi connectivity index (χ4v) is 3.60. The van der Waals surface area contributed by atoms with Crippen LogP contribution in [0, 0.1) is 0 Å². The lowest BCUT2D eigenvalue weighted by Gasteiger charge is -2.26. The fourth-order valence-electron chi connectivity index (χ4n) is 2.56. The summed E-state index contributed by atoms with van der Waals surface area (Å²) < 4.78 is 38.3. The Morgan fingerprint density at radius 1 is 1.18 bits per heavy atom. The van der Waals surface area contributed by atoms with Crippen molar-refractivity contribution in [1.82, 2.24) is 10.0 Å². The third kappa shape index (κ3) is 6.80. The summed E-state index contributed by atoms with van der Waals surface area (Å²) in [6, 6.07) is 4.48. The molecule has 2 rings (SSSR count). The molecule has 1 aliphatic heterocycles. The Kier molecular flexibility index (Phi) is 9.49. The average molecular weight is 436 g/mol. The van der Waals surface area contributed by atoms with Gasteiger partial charge in [-0.2, -0.15) is 0 Å². The zero-order valence-electron chi connectivity index (χ0n) is 16.3. The number of hydrogen-bond donors (Lipinski definition) is 3. The largest absolute Gasteiger partial charge is 0.490 e. The molecule has 0 unspecified atom stereocenters. The first-order chi connectivity index (χ1) is 12.8. The van der Waals surface area contributed by atoms with Gasteiger partial charge >= 0.3 is 0 Å². The van der Waals surface area contributed by atoms with Crippen molar-refractivity contribution in [3.8, 4) is 11.5 Å². The first kappa shape index (κ1) is 24.5. The molecule has 1 aliphatic rings. The molecular formula is C18H30ClN3O5S. The number of nitrogens with two attached hydrogens (primary N) is 1. The Balaban J connectivity index is 0.00000392. The van der Waals surface area contributed by atoms with E-state index >= 15 is 0 Å². The summed E-state index contributed by atoms with van der Waals surface area (Å²) in [5, 5.41) is 2.76. The quantitative estimate of drug-likeness (QED) is 0.541. The van der Waals surface area contributed by atoms with Gasteiger partial charge in [0.1, 0.15) is 0 Å². The van der Waals surface area contributed by atoms with Crippen molar-refractivity contribution >= 4 is 28.3 Å². The summed E-state index contributed by atoms with van der Waals surface area (Å²) in [6.07, 6.45) is 2.28. The minimum absolute atomic E-state index is 0. The molecule has 0 aliphatic carbocycles. The van der Waals surface area contributed by atoms with E-state index in [0.29, 0.717) is 31.3 Å². The van der Waals surface area contributed by atoms with Crippen LogP contribution in [0.25, 0.3) is 0 Å². The zero-order chi connectivity index (χ0) is 19.9. The van der Waals surface area contributed by atoms with Gasteiger partial charge in [-0.1, -0.05) is 13.8 Å². The third-order valence-electron chi connectivity index (χ3n) is 4.72. The second-order valence-corrected chi connectivity index (χ2v) is 8.42. The minimum atomic E-state index is -3.74. The van der Waals surface area contributed by atoms with E-state index in [4.69, 9.17) is 15.2 Å². The molecule has 1 aromatic carbocycles. The lowest BCUT2D eigenvalue weighted by molar-refractivity contribution is -0.121. The number of amides is 1. The van der Waals surface area contributed by atoms with E-state index in [1.165, 1.54) is 12.1 Å². The van der Waals surface area contributed by atoms with Crippen molar-refractivity contribution in [3.05, 3.63) is 18.2 Å². The molecule has 1 heterocycles. The summed E-state index contributed by atoms with van der Waals surface area (Å²) in [7, 11) is -3.74. The highest BCUT2D eigenvalue weighted by atomic mass is 35.5. The number of carbonyl (C=O) groups is 1. The Hall–Kier alpha value is -1.55. The fraction of sp³-hybridized carbons (Fsp3) is 0.611. The zero-order valence-corrected chi connectivity index (χ0v) is 18.0. The van der Waals surface area contributed by atoms with Crippen LogP contribution in [0.4, 0.5) is 0 Å². The number of carbonyl (C=O) groups excluding carboxylic acids is 1. The van der Waals surface area contributed by atoms with E-state index in [9.17, 15) is 13.2 Å². The molecule has 8 nitrogen and oxygen atoms in total. The second kappa shape index (κ2) is 10.8. The van der Waals surface area contributed by atoms with Crippen molar-refractivity contribution in [1.29, 1.82) is 0 Å². The Bertz CT molecular complexity index is 754. The lowest BCUT2D eigenvalue weighted by atomic mass is 9.94. The van der Waals surface area contributed by atoms with E-state index in [-0.39, 0.29) is 36.2 Å². The molecule has 0 atom stereocenters. The second-order valence-electron chi connectivity index (χ2n) is 6.65. The number of sulfonamides is 1. The van der Waals surface area contributed by atoms with Gasteiger partial charge in [-0.3, -0.25) is 4.79 Å². The van der Waals surface area contributed by atoms with Crippen LogP contribution < -0.4 is 25.2 Å². The van der Waals surface area contributed by atoms with Gasteiger partial charge in [-0.05, 0) is 25.0 Å². The van der Waals surface area contributed by atoms with Crippen LogP contribution in [0.2, 0.25) is 0 Å². The van der Waals surface area contributed by atoms with Gasteiger partial charge in [-0.25, -0.2) is 13.1 Å². The molecule has 1 amide bonds. The summed E-state index contributed by atoms with van der Waals surface area (Å²) >= 11 is 0. The molecule has 0 aromatic heterocycles. The minimum Gasteiger partial charge on any atom is -0.490 e. The highest BCUT2D eigenvalue weighted by Crippen LogP contribution is 2.31. The topological polar surface area (TPSA) is 120 Å². The summed E-state index contributed by atoms with van der Waals surface area (Å²) in [6.45, 7) is 5.32. The molecule has 0 saturated heterocycles. The maximum Gasteiger partial charge on any atom is 0.240 e. The van der Waals surface area contributed by atoms with Gasteiger partial charge in [0.05, 0.1) is 18.1 Å². The van der Waals surface area contributed by atoms with Crippen molar-refractivity contribution < 1.29 is 22.7 Å². The molecule has 0 saturated carbocycles. The van der Waals surface area contributed by atoms with Crippen LogP contribution >= 0.6 is 12.4 Å². The maximum atomic E-state index is 12.4. The van der Waals surface area contributed by atoms with Gasteiger partial charge in [0.15, 0.2) is 11.5 Å². The van der Waals surface area contributed by atoms with Gasteiger partial charge in [0, 0.05) is 37.5 Å². The molecule has 4 N–H and O–H groups in total. The Morgan fingerprint density at radius 3 is 2.46 bits per heavy atom. The molecule has 160 valence electrons. The van der Waals surface area contributed by atoms with Crippen molar-refractivity contribution in [2.24, 2.45) is 5.73 Å². The molecule has 1 aromatic rings. The third-order valence-corrected chi connectivity index (χ3v) is 6.18. The smallest absolute Gasteiger partial charge is 0.240 e. The molecule has 0 radical (unpaired) electrons. The van der Waals surface area contributed by atoms with E-state index in [0.717, 1.165) is 19.3 Å². The summed E-state index contributed by atoms with van der Waals surface area (Å²) in [5.41, 5.74) is 5.71. The number of ether oxygens (including phenoxy) is 2. The first-order valence-corrected chi connectivity index (χ1v) is 10.7. The van der Waals surface area contributed by atoms with E-state index in [1.54, 1.807) is 6.07 Å². The number of nitrogens with one attached hydrogen (secondary N) is 2. The maximum absolute atomic E-state index is 12.4.